The highest BCUT2D eigenvalue weighted by molar-refractivity contribution is 7.89. The molecule has 0 amide bonds. The van der Waals surface area contributed by atoms with Gasteiger partial charge in [-0.1, -0.05) is 29.5 Å². The number of halogens is 2. The van der Waals surface area contributed by atoms with Crippen molar-refractivity contribution in [3.05, 3.63) is 66.3 Å². The highest BCUT2D eigenvalue weighted by Crippen LogP contribution is 2.30. The monoisotopic (exact) mass is 438 g/mol. The van der Waals surface area contributed by atoms with Crippen molar-refractivity contribution >= 4 is 27.2 Å². The zero-order valence-corrected chi connectivity index (χ0v) is 17.6. The molecule has 1 unspecified atom stereocenters. The van der Waals surface area contributed by atoms with E-state index in [1.807, 2.05) is 6.07 Å². The fraction of sp³-hybridized carbons (Fsp3) is 0.400. The predicted molar refractivity (Wildman–Crippen MR) is 113 cm³/mol. The topological polar surface area (TPSA) is 68.1 Å². The summed E-state index contributed by atoms with van der Waals surface area (Å²) in [6.45, 7) is 4.57. The van der Waals surface area contributed by atoms with E-state index in [-0.39, 0.29) is 12.4 Å². The minimum atomic E-state index is -3.52. The van der Waals surface area contributed by atoms with Crippen LogP contribution in [0.5, 0.6) is 0 Å². The summed E-state index contributed by atoms with van der Waals surface area (Å²) in [4.78, 5) is 0. The van der Waals surface area contributed by atoms with E-state index < -0.39 is 15.3 Å². The summed E-state index contributed by atoms with van der Waals surface area (Å²) in [5.41, 5.74) is 2.10. The molecule has 29 heavy (non-hydrogen) atoms. The molecule has 0 spiro atoms. The molecule has 0 saturated carbocycles. The van der Waals surface area contributed by atoms with Crippen molar-refractivity contribution in [2.75, 3.05) is 19.0 Å². The van der Waals surface area contributed by atoms with Crippen LogP contribution in [0.15, 0.2) is 49.3 Å². The Morgan fingerprint density at radius 2 is 2.21 bits per heavy atom. The van der Waals surface area contributed by atoms with Crippen LogP contribution in [0.25, 0.3) is 5.57 Å². The Labute approximate surface area is 175 Å². The molecule has 0 N–H and O–H groups in total. The third-order valence-corrected chi connectivity index (χ3v) is 7.54. The van der Waals surface area contributed by atoms with Crippen LogP contribution in [0.3, 0.4) is 0 Å². The number of hydrogen-bond acceptors (Lipinski definition) is 4. The smallest absolute Gasteiger partial charge is 0.220 e. The number of aromatic nitrogens is 3. The van der Waals surface area contributed by atoms with Gasteiger partial charge >= 0.3 is 0 Å². The number of rotatable bonds is 9. The van der Waals surface area contributed by atoms with E-state index in [1.54, 1.807) is 29.2 Å². The first-order valence-corrected chi connectivity index (χ1v) is 11.5. The minimum Gasteiger partial charge on any atom is -0.248 e. The Hall–Kier alpha value is -2.03. The molecule has 9 heteroatoms. The summed E-state index contributed by atoms with van der Waals surface area (Å²) in [7, 11) is -3.52. The molecule has 0 aliphatic carbocycles. The largest absolute Gasteiger partial charge is 0.248 e. The van der Waals surface area contributed by atoms with E-state index in [0.29, 0.717) is 43.8 Å². The zero-order chi connectivity index (χ0) is 20.9. The number of sulfonamides is 1. The summed E-state index contributed by atoms with van der Waals surface area (Å²) < 4.78 is 43.5. The van der Waals surface area contributed by atoms with Crippen molar-refractivity contribution in [1.82, 2.24) is 19.3 Å². The summed E-state index contributed by atoms with van der Waals surface area (Å²) in [5.74, 6) is 0.0856. The molecule has 1 aliphatic rings. The molecular formula is C20H24ClFN4O2S. The normalized spacial score (nSPS) is 16.4. The molecule has 0 saturated heterocycles. The summed E-state index contributed by atoms with van der Waals surface area (Å²) in [6.07, 6.45) is 8.03. The van der Waals surface area contributed by atoms with Crippen molar-refractivity contribution in [1.29, 1.82) is 0 Å². The van der Waals surface area contributed by atoms with Crippen LogP contribution in [0.4, 0.5) is 4.39 Å². The van der Waals surface area contributed by atoms with Crippen molar-refractivity contribution in [3.63, 3.8) is 0 Å². The molecule has 156 valence electrons. The lowest BCUT2D eigenvalue weighted by Gasteiger charge is -2.29. The second-order valence-electron chi connectivity index (χ2n) is 6.86. The van der Waals surface area contributed by atoms with E-state index >= 15 is 0 Å². The van der Waals surface area contributed by atoms with Gasteiger partial charge in [0.15, 0.2) is 0 Å². The molecule has 6 nitrogen and oxygen atoms in total. The van der Waals surface area contributed by atoms with Crippen molar-refractivity contribution in [2.45, 2.75) is 31.1 Å². The Morgan fingerprint density at radius 1 is 1.38 bits per heavy atom. The highest BCUT2D eigenvalue weighted by atomic mass is 35.5. The molecule has 0 fully saturated rings. The van der Waals surface area contributed by atoms with Crippen LogP contribution in [-0.4, -0.2) is 51.9 Å². The SMILES string of the molecule is C=CC(CCCCl)S(=O)(=O)N1CC=C(c2c(F)cccc2Cn2ccnn2)CC1. The molecule has 1 aliphatic heterocycles. The molecule has 1 atom stereocenters. The van der Waals surface area contributed by atoms with E-state index in [1.165, 1.54) is 16.4 Å². The van der Waals surface area contributed by atoms with Crippen LogP contribution in [0, 0.1) is 5.82 Å². The fourth-order valence-electron chi connectivity index (χ4n) is 3.52. The Kier molecular flexibility index (Phi) is 7.21. The van der Waals surface area contributed by atoms with Crippen molar-refractivity contribution in [2.24, 2.45) is 0 Å². The maximum Gasteiger partial charge on any atom is 0.220 e. The second kappa shape index (κ2) is 9.65. The standard InChI is InChI=1S/C20H24ClFN4O2S/c1-2-18(6-4-10-21)29(27,28)26-12-8-16(9-13-26)20-17(5-3-7-19(20)22)15-25-14-11-23-24-25/h2-3,5,7-8,11,14,18H,1,4,6,9-10,12-13,15H2. The van der Waals surface area contributed by atoms with Crippen LogP contribution < -0.4 is 0 Å². The first-order valence-electron chi connectivity index (χ1n) is 9.45. The van der Waals surface area contributed by atoms with Gasteiger partial charge in [0.1, 0.15) is 5.82 Å². The highest BCUT2D eigenvalue weighted by Gasteiger charge is 2.31. The van der Waals surface area contributed by atoms with Gasteiger partial charge < -0.3 is 0 Å². The first kappa shape index (κ1) is 21.7. The average molecular weight is 439 g/mol. The van der Waals surface area contributed by atoms with Crippen molar-refractivity contribution in [3.8, 4) is 0 Å². The van der Waals surface area contributed by atoms with Gasteiger partial charge in [-0.15, -0.1) is 23.3 Å². The lowest BCUT2D eigenvalue weighted by atomic mass is 9.95. The Morgan fingerprint density at radius 3 is 2.83 bits per heavy atom. The van der Waals surface area contributed by atoms with E-state index in [9.17, 15) is 12.8 Å². The molecule has 1 aromatic heterocycles. The predicted octanol–water partition coefficient (Wildman–Crippen LogP) is 3.46. The summed E-state index contributed by atoms with van der Waals surface area (Å²) >= 11 is 5.71. The summed E-state index contributed by atoms with van der Waals surface area (Å²) in [5, 5.41) is 7.06. The minimum absolute atomic E-state index is 0.208. The van der Waals surface area contributed by atoms with Crippen LogP contribution in [0.1, 0.15) is 30.4 Å². The Bertz CT molecular complexity index is 976. The number of hydrogen-bond donors (Lipinski definition) is 0. The Balaban J connectivity index is 1.82. The van der Waals surface area contributed by atoms with Gasteiger partial charge in [0, 0.05) is 30.7 Å². The maximum absolute atomic E-state index is 14.7. The summed E-state index contributed by atoms with van der Waals surface area (Å²) in [6, 6.07) is 4.94. The lowest BCUT2D eigenvalue weighted by molar-refractivity contribution is 0.433. The van der Waals surface area contributed by atoms with Gasteiger partial charge in [0.2, 0.25) is 10.0 Å². The van der Waals surface area contributed by atoms with Gasteiger partial charge in [-0.25, -0.2) is 17.5 Å². The van der Waals surface area contributed by atoms with Crippen LogP contribution in [0.2, 0.25) is 0 Å². The lowest BCUT2D eigenvalue weighted by Crippen LogP contribution is -2.40. The molecule has 2 heterocycles. The first-order chi connectivity index (χ1) is 14.0. The van der Waals surface area contributed by atoms with E-state index in [2.05, 4.69) is 16.9 Å². The van der Waals surface area contributed by atoms with Crippen LogP contribution >= 0.6 is 11.6 Å². The average Bonchev–Trinajstić information content (AvgIpc) is 3.22. The second-order valence-corrected chi connectivity index (χ2v) is 9.39. The maximum atomic E-state index is 14.7. The number of alkyl halides is 1. The van der Waals surface area contributed by atoms with Gasteiger partial charge in [0.05, 0.1) is 18.0 Å². The third kappa shape index (κ3) is 4.94. The zero-order valence-electron chi connectivity index (χ0n) is 16.0. The van der Waals surface area contributed by atoms with E-state index in [0.717, 1.165) is 11.1 Å². The van der Waals surface area contributed by atoms with Crippen molar-refractivity contribution < 1.29 is 12.8 Å². The van der Waals surface area contributed by atoms with Gasteiger partial charge in [-0.05, 0) is 36.5 Å². The molecule has 3 rings (SSSR count). The van der Waals surface area contributed by atoms with Crippen LogP contribution in [-0.2, 0) is 16.6 Å². The third-order valence-electron chi connectivity index (χ3n) is 5.02. The van der Waals surface area contributed by atoms with Gasteiger partial charge in [0.25, 0.3) is 0 Å². The number of nitrogens with zero attached hydrogens (tertiary/aromatic N) is 4. The molecule has 0 radical (unpaired) electrons. The van der Waals surface area contributed by atoms with E-state index in [4.69, 9.17) is 11.6 Å². The number of benzene rings is 1. The molecule has 0 bridgehead atoms. The quantitative estimate of drug-likeness (QED) is 0.444. The van der Waals surface area contributed by atoms with Gasteiger partial charge in [-0.3, -0.25) is 0 Å². The molecular weight excluding hydrogens is 415 g/mol. The van der Waals surface area contributed by atoms with Gasteiger partial charge in [-0.2, -0.15) is 4.31 Å². The fourth-order valence-corrected chi connectivity index (χ4v) is 5.39. The molecule has 1 aromatic carbocycles. The molecule has 2 aromatic rings.